The molecule has 0 atom stereocenters. The van der Waals surface area contributed by atoms with Gasteiger partial charge in [-0.25, -0.2) is 0 Å². The lowest BCUT2D eigenvalue weighted by Crippen LogP contribution is -2.13. The molecule has 0 saturated carbocycles. The molecule has 0 radical (unpaired) electrons. The summed E-state index contributed by atoms with van der Waals surface area (Å²) in [6.07, 6.45) is -4.48. The fraction of sp³-hybridized carbons (Fsp3) is 0.300. The van der Waals surface area contributed by atoms with Crippen molar-refractivity contribution >= 4 is 28.4 Å². The van der Waals surface area contributed by atoms with Crippen LogP contribution in [0.1, 0.15) is 28.4 Å². The predicted molar refractivity (Wildman–Crippen MR) is 58.9 cm³/mol. The molecule has 0 bridgehead atoms. The van der Waals surface area contributed by atoms with E-state index in [1.807, 2.05) is 0 Å². The van der Waals surface area contributed by atoms with Gasteiger partial charge in [0.15, 0.2) is 5.78 Å². The van der Waals surface area contributed by atoms with Crippen LogP contribution in [-0.4, -0.2) is 5.78 Å². The fourth-order valence-corrected chi connectivity index (χ4v) is 2.21. The van der Waals surface area contributed by atoms with Gasteiger partial charge in [-0.05, 0) is 54.1 Å². The first-order valence-corrected chi connectivity index (χ1v) is 5.19. The number of hydrogen-bond acceptors (Lipinski definition) is 1. The van der Waals surface area contributed by atoms with Crippen molar-refractivity contribution in [3.63, 3.8) is 0 Å². The molecule has 0 spiro atoms. The molecule has 0 amide bonds. The molecule has 0 N–H and O–H groups in total. The van der Waals surface area contributed by atoms with Crippen molar-refractivity contribution in [3.8, 4) is 0 Å². The van der Waals surface area contributed by atoms with Gasteiger partial charge in [0, 0.05) is 9.13 Å². The molecule has 0 saturated heterocycles. The van der Waals surface area contributed by atoms with Gasteiger partial charge >= 0.3 is 6.18 Å². The molecule has 0 aliphatic heterocycles. The third kappa shape index (κ3) is 2.70. The number of carbonyl (C=O) groups is 1. The zero-order valence-corrected chi connectivity index (χ0v) is 10.2. The van der Waals surface area contributed by atoms with Gasteiger partial charge in [0.05, 0.1) is 5.56 Å². The normalized spacial score (nSPS) is 11.6. The summed E-state index contributed by atoms with van der Waals surface area (Å²) in [5.41, 5.74) is -0.718. The van der Waals surface area contributed by atoms with Crippen molar-refractivity contribution in [1.29, 1.82) is 0 Å². The van der Waals surface area contributed by atoms with Crippen LogP contribution in [0.5, 0.6) is 0 Å². The third-order valence-corrected chi connectivity index (χ3v) is 2.58. The second-order valence-electron chi connectivity index (χ2n) is 3.20. The van der Waals surface area contributed by atoms with E-state index in [4.69, 9.17) is 0 Å². The van der Waals surface area contributed by atoms with Crippen LogP contribution in [0, 0.1) is 10.5 Å². The molecule has 1 aromatic carbocycles. The van der Waals surface area contributed by atoms with Crippen LogP contribution in [0.3, 0.4) is 0 Å². The first kappa shape index (κ1) is 12.5. The maximum atomic E-state index is 12.6. The van der Waals surface area contributed by atoms with Gasteiger partial charge in [0.2, 0.25) is 0 Å². The van der Waals surface area contributed by atoms with Crippen LogP contribution < -0.4 is 0 Å². The standard InChI is InChI=1S/C10H8F3IO/c1-5-3-7(14)4-8(10(11,12)13)9(5)6(2)15/h3-4H,1-2H3. The highest BCUT2D eigenvalue weighted by Gasteiger charge is 2.35. The summed E-state index contributed by atoms with van der Waals surface area (Å²) in [5.74, 6) is -0.559. The summed E-state index contributed by atoms with van der Waals surface area (Å²) in [7, 11) is 0. The minimum Gasteiger partial charge on any atom is -0.294 e. The maximum absolute atomic E-state index is 12.6. The van der Waals surface area contributed by atoms with Crippen LogP contribution in [0.15, 0.2) is 12.1 Å². The maximum Gasteiger partial charge on any atom is 0.417 e. The van der Waals surface area contributed by atoms with Crippen molar-refractivity contribution in [2.45, 2.75) is 20.0 Å². The molecule has 0 fully saturated rings. The molecule has 0 unspecified atom stereocenters. The summed E-state index contributed by atoms with van der Waals surface area (Å²) >= 11 is 1.80. The highest BCUT2D eigenvalue weighted by molar-refractivity contribution is 14.1. The molecule has 1 rings (SSSR count). The Morgan fingerprint density at radius 3 is 2.27 bits per heavy atom. The van der Waals surface area contributed by atoms with E-state index in [1.165, 1.54) is 6.92 Å². The van der Waals surface area contributed by atoms with E-state index in [0.29, 0.717) is 9.13 Å². The Kier molecular flexibility index (Phi) is 3.42. The molecule has 1 aromatic rings. The van der Waals surface area contributed by atoms with E-state index in [2.05, 4.69) is 0 Å². The van der Waals surface area contributed by atoms with Crippen molar-refractivity contribution in [1.82, 2.24) is 0 Å². The summed E-state index contributed by atoms with van der Waals surface area (Å²) in [5, 5.41) is 0. The minimum absolute atomic E-state index is 0.233. The zero-order valence-electron chi connectivity index (χ0n) is 8.07. The van der Waals surface area contributed by atoms with Crippen LogP contribution in [0.25, 0.3) is 0 Å². The van der Waals surface area contributed by atoms with Crippen LogP contribution in [-0.2, 0) is 6.18 Å². The molecule has 15 heavy (non-hydrogen) atoms. The smallest absolute Gasteiger partial charge is 0.294 e. The van der Waals surface area contributed by atoms with E-state index in [1.54, 1.807) is 28.7 Å². The third-order valence-electron chi connectivity index (χ3n) is 1.96. The number of halogens is 4. The SMILES string of the molecule is CC(=O)c1c(C)cc(I)cc1C(F)(F)F. The van der Waals surface area contributed by atoms with Crippen molar-refractivity contribution in [3.05, 3.63) is 32.4 Å². The summed E-state index contributed by atoms with van der Waals surface area (Å²) in [6, 6.07) is 2.55. The minimum atomic E-state index is -4.48. The summed E-state index contributed by atoms with van der Waals surface area (Å²) < 4.78 is 38.3. The zero-order chi connectivity index (χ0) is 11.8. The molecule has 0 aliphatic carbocycles. The topological polar surface area (TPSA) is 17.1 Å². The highest BCUT2D eigenvalue weighted by atomic mass is 127. The summed E-state index contributed by atoms with van der Waals surface area (Å²) in [4.78, 5) is 11.1. The number of alkyl halides is 3. The Balaban J connectivity index is 3.54. The molecule has 0 aliphatic rings. The average Bonchev–Trinajstić information content (AvgIpc) is 1.99. The van der Waals surface area contributed by atoms with Crippen LogP contribution in [0.4, 0.5) is 13.2 Å². The second kappa shape index (κ2) is 4.11. The van der Waals surface area contributed by atoms with Gasteiger partial charge in [0.1, 0.15) is 0 Å². The number of aryl methyl sites for hydroxylation is 1. The average molecular weight is 328 g/mol. The summed E-state index contributed by atoms with van der Waals surface area (Å²) in [6.45, 7) is 2.65. The lowest BCUT2D eigenvalue weighted by Gasteiger charge is -2.13. The first-order valence-electron chi connectivity index (χ1n) is 4.11. The molecule has 0 heterocycles. The van der Waals surface area contributed by atoms with Gasteiger partial charge in [-0.15, -0.1) is 0 Å². The van der Waals surface area contributed by atoms with Gasteiger partial charge < -0.3 is 0 Å². The number of Topliss-reactive ketones (excluding diaryl/α,β-unsaturated/α-hetero) is 1. The van der Waals surface area contributed by atoms with Crippen molar-refractivity contribution < 1.29 is 18.0 Å². The molecule has 82 valence electrons. The predicted octanol–water partition coefficient (Wildman–Crippen LogP) is 3.82. The quantitative estimate of drug-likeness (QED) is 0.566. The number of carbonyl (C=O) groups excluding carboxylic acids is 1. The number of rotatable bonds is 1. The van der Waals surface area contributed by atoms with E-state index in [0.717, 1.165) is 13.0 Å². The Hall–Kier alpha value is -0.590. The molecule has 0 aromatic heterocycles. The Bertz CT molecular complexity index is 410. The Labute approximate surface area is 98.8 Å². The largest absolute Gasteiger partial charge is 0.417 e. The van der Waals surface area contributed by atoms with E-state index in [-0.39, 0.29) is 5.56 Å². The Morgan fingerprint density at radius 1 is 1.33 bits per heavy atom. The van der Waals surface area contributed by atoms with E-state index in [9.17, 15) is 18.0 Å². The monoisotopic (exact) mass is 328 g/mol. The molecule has 5 heteroatoms. The van der Waals surface area contributed by atoms with E-state index < -0.39 is 17.5 Å². The Morgan fingerprint density at radius 2 is 1.87 bits per heavy atom. The molecular formula is C10H8F3IO. The number of ketones is 1. The van der Waals surface area contributed by atoms with Gasteiger partial charge in [-0.3, -0.25) is 4.79 Å². The lowest BCUT2D eigenvalue weighted by molar-refractivity contribution is -0.138. The van der Waals surface area contributed by atoms with Gasteiger partial charge in [-0.1, -0.05) is 0 Å². The van der Waals surface area contributed by atoms with Crippen molar-refractivity contribution in [2.75, 3.05) is 0 Å². The van der Waals surface area contributed by atoms with Gasteiger partial charge in [0.25, 0.3) is 0 Å². The fourth-order valence-electron chi connectivity index (χ4n) is 1.43. The molecule has 1 nitrogen and oxygen atoms in total. The lowest BCUT2D eigenvalue weighted by atomic mass is 9.98. The highest BCUT2D eigenvalue weighted by Crippen LogP contribution is 2.34. The van der Waals surface area contributed by atoms with Gasteiger partial charge in [-0.2, -0.15) is 13.2 Å². The number of hydrogen-bond donors (Lipinski definition) is 0. The van der Waals surface area contributed by atoms with Crippen LogP contribution >= 0.6 is 22.6 Å². The van der Waals surface area contributed by atoms with E-state index >= 15 is 0 Å². The molecular weight excluding hydrogens is 320 g/mol. The number of benzene rings is 1. The van der Waals surface area contributed by atoms with Crippen molar-refractivity contribution in [2.24, 2.45) is 0 Å². The van der Waals surface area contributed by atoms with Crippen LogP contribution in [0.2, 0.25) is 0 Å². The first-order chi connectivity index (χ1) is 6.73. The second-order valence-corrected chi connectivity index (χ2v) is 4.44.